The summed E-state index contributed by atoms with van der Waals surface area (Å²) in [4.78, 5) is 21.3. The smallest absolute Gasteiger partial charge is 0.255 e. The molecule has 3 aromatic carbocycles. The molecule has 0 atom stereocenters. The van der Waals surface area contributed by atoms with Gasteiger partial charge in [0.05, 0.1) is 0 Å². The summed E-state index contributed by atoms with van der Waals surface area (Å²) in [5.74, 6) is 0.448. The third-order valence-electron chi connectivity index (χ3n) is 5.19. The molecule has 1 heterocycles. The maximum Gasteiger partial charge on any atom is 0.255 e. The fourth-order valence-electron chi connectivity index (χ4n) is 3.18. The maximum absolute atomic E-state index is 12.5. The van der Waals surface area contributed by atoms with Gasteiger partial charge in [-0.1, -0.05) is 48.5 Å². The highest BCUT2D eigenvalue weighted by molar-refractivity contribution is 6.04. The lowest BCUT2D eigenvalue weighted by Gasteiger charge is -2.09. The summed E-state index contributed by atoms with van der Waals surface area (Å²) in [6.45, 7) is 4.75. The summed E-state index contributed by atoms with van der Waals surface area (Å²) in [6, 6.07) is 23.5. The van der Waals surface area contributed by atoms with Crippen LogP contribution in [0.2, 0.25) is 0 Å². The molecule has 5 heteroatoms. The van der Waals surface area contributed by atoms with Crippen LogP contribution in [0, 0.1) is 13.8 Å². The molecule has 4 aromatic rings. The highest BCUT2D eigenvalue weighted by Gasteiger charge is 2.08. The van der Waals surface area contributed by atoms with E-state index in [0.717, 1.165) is 22.4 Å². The molecule has 0 aliphatic carbocycles. The SMILES string of the molecule is Cc1ccc(NC(=O)c2ccc(-c3cnc(NCc4ccccc4)nc3)cc2)cc1C. The number of hydrogen-bond donors (Lipinski definition) is 2. The zero-order valence-electron chi connectivity index (χ0n) is 17.6. The lowest BCUT2D eigenvalue weighted by atomic mass is 10.1. The molecule has 2 N–H and O–H groups in total. The fraction of sp³-hybridized carbons (Fsp3) is 0.115. The van der Waals surface area contributed by atoms with E-state index >= 15 is 0 Å². The van der Waals surface area contributed by atoms with Crippen LogP contribution in [0.15, 0.2) is 85.2 Å². The number of carbonyl (C=O) groups is 1. The summed E-state index contributed by atoms with van der Waals surface area (Å²) in [5, 5.41) is 6.17. The predicted octanol–water partition coefficient (Wildman–Crippen LogP) is 5.62. The Labute approximate surface area is 182 Å². The van der Waals surface area contributed by atoms with Gasteiger partial charge in [-0.25, -0.2) is 9.97 Å². The Morgan fingerprint density at radius 2 is 1.52 bits per heavy atom. The van der Waals surface area contributed by atoms with E-state index in [-0.39, 0.29) is 5.91 Å². The third-order valence-corrected chi connectivity index (χ3v) is 5.19. The molecule has 0 spiro atoms. The number of benzene rings is 3. The number of nitrogens with zero attached hydrogens (tertiary/aromatic N) is 2. The fourth-order valence-corrected chi connectivity index (χ4v) is 3.18. The lowest BCUT2D eigenvalue weighted by Crippen LogP contribution is -2.11. The van der Waals surface area contributed by atoms with Gasteiger partial charge in [0, 0.05) is 35.8 Å². The first-order chi connectivity index (χ1) is 15.1. The van der Waals surface area contributed by atoms with Gasteiger partial charge >= 0.3 is 0 Å². The molecule has 154 valence electrons. The third kappa shape index (κ3) is 5.14. The molecule has 0 saturated carbocycles. The van der Waals surface area contributed by atoms with Crippen molar-refractivity contribution < 1.29 is 4.79 Å². The minimum Gasteiger partial charge on any atom is -0.350 e. The topological polar surface area (TPSA) is 66.9 Å². The molecule has 0 radical (unpaired) electrons. The van der Waals surface area contributed by atoms with E-state index in [1.165, 1.54) is 11.1 Å². The first-order valence-corrected chi connectivity index (χ1v) is 10.2. The van der Waals surface area contributed by atoms with Crippen molar-refractivity contribution in [2.45, 2.75) is 20.4 Å². The van der Waals surface area contributed by atoms with Gasteiger partial charge in [0.1, 0.15) is 0 Å². The molecule has 0 unspecified atom stereocenters. The quantitative estimate of drug-likeness (QED) is 0.434. The van der Waals surface area contributed by atoms with Gasteiger partial charge in [0.15, 0.2) is 0 Å². The number of rotatable bonds is 6. The molecule has 0 bridgehead atoms. The van der Waals surface area contributed by atoms with E-state index in [4.69, 9.17) is 0 Å². The van der Waals surface area contributed by atoms with Crippen molar-refractivity contribution in [3.8, 4) is 11.1 Å². The van der Waals surface area contributed by atoms with Gasteiger partial charge in [-0.15, -0.1) is 0 Å². The van der Waals surface area contributed by atoms with E-state index in [1.54, 1.807) is 12.4 Å². The van der Waals surface area contributed by atoms with Crippen LogP contribution in [-0.4, -0.2) is 15.9 Å². The largest absolute Gasteiger partial charge is 0.350 e. The van der Waals surface area contributed by atoms with Crippen LogP contribution in [0.25, 0.3) is 11.1 Å². The monoisotopic (exact) mass is 408 g/mol. The number of nitrogens with one attached hydrogen (secondary N) is 2. The Balaban J connectivity index is 1.39. The van der Waals surface area contributed by atoms with Gasteiger partial charge in [0.25, 0.3) is 5.91 Å². The van der Waals surface area contributed by atoms with E-state index in [1.807, 2.05) is 67.6 Å². The molecule has 1 aromatic heterocycles. The number of aryl methyl sites for hydroxylation is 2. The average Bonchev–Trinajstić information content (AvgIpc) is 2.81. The van der Waals surface area contributed by atoms with E-state index in [0.29, 0.717) is 18.1 Å². The molecular formula is C26H24N4O. The number of hydrogen-bond acceptors (Lipinski definition) is 4. The van der Waals surface area contributed by atoms with Gasteiger partial charge in [0.2, 0.25) is 5.95 Å². The first kappa shape index (κ1) is 20.3. The Bertz CT molecular complexity index is 1170. The minimum atomic E-state index is -0.133. The second-order valence-electron chi connectivity index (χ2n) is 7.47. The van der Waals surface area contributed by atoms with Gasteiger partial charge < -0.3 is 10.6 Å². The zero-order chi connectivity index (χ0) is 21.6. The van der Waals surface area contributed by atoms with E-state index < -0.39 is 0 Å². The predicted molar refractivity (Wildman–Crippen MR) is 125 cm³/mol. The molecule has 0 saturated heterocycles. The molecule has 0 aliphatic heterocycles. The van der Waals surface area contributed by atoms with Crippen molar-refractivity contribution in [3.63, 3.8) is 0 Å². The van der Waals surface area contributed by atoms with Crippen molar-refractivity contribution in [1.29, 1.82) is 0 Å². The number of amides is 1. The standard InChI is InChI=1S/C26H24N4O/c1-18-8-13-24(14-19(18)2)30-25(31)22-11-9-21(10-12-22)23-16-28-26(29-17-23)27-15-20-6-4-3-5-7-20/h3-14,16-17H,15H2,1-2H3,(H,30,31)(H,27,28,29). The van der Waals surface area contributed by atoms with Crippen LogP contribution in [0.3, 0.4) is 0 Å². The highest BCUT2D eigenvalue weighted by atomic mass is 16.1. The molecule has 0 fully saturated rings. The lowest BCUT2D eigenvalue weighted by molar-refractivity contribution is 0.102. The number of anilines is 2. The maximum atomic E-state index is 12.5. The molecule has 0 aliphatic rings. The van der Waals surface area contributed by atoms with Gasteiger partial charge in [-0.2, -0.15) is 0 Å². The molecule has 31 heavy (non-hydrogen) atoms. The van der Waals surface area contributed by atoms with Gasteiger partial charge in [-0.3, -0.25) is 4.79 Å². The molecule has 4 rings (SSSR count). The van der Waals surface area contributed by atoms with Crippen molar-refractivity contribution >= 4 is 17.5 Å². The second kappa shape index (κ2) is 9.22. The highest BCUT2D eigenvalue weighted by Crippen LogP contribution is 2.20. The Hall–Kier alpha value is -3.99. The molecule has 5 nitrogen and oxygen atoms in total. The minimum absolute atomic E-state index is 0.133. The van der Waals surface area contributed by atoms with Crippen LogP contribution in [0.4, 0.5) is 11.6 Å². The van der Waals surface area contributed by atoms with Crippen LogP contribution in [0.1, 0.15) is 27.0 Å². The summed E-state index contributed by atoms with van der Waals surface area (Å²) in [7, 11) is 0. The molecule has 1 amide bonds. The Kier molecular flexibility index (Phi) is 6.03. The second-order valence-corrected chi connectivity index (χ2v) is 7.47. The van der Waals surface area contributed by atoms with Crippen molar-refractivity contribution in [3.05, 3.63) is 107 Å². The van der Waals surface area contributed by atoms with Crippen LogP contribution >= 0.6 is 0 Å². The first-order valence-electron chi connectivity index (χ1n) is 10.2. The summed E-state index contributed by atoms with van der Waals surface area (Å²) >= 11 is 0. The number of aromatic nitrogens is 2. The summed E-state index contributed by atoms with van der Waals surface area (Å²) in [5.41, 5.74) is 6.77. The van der Waals surface area contributed by atoms with Crippen molar-refractivity contribution in [2.24, 2.45) is 0 Å². The summed E-state index contributed by atoms with van der Waals surface area (Å²) in [6.07, 6.45) is 3.56. The normalized spacial score (nSPS) is 10.5. The van der Waals surface area contributed by atoms with E-state index in [9.17, 15) is 4.79 Å². The Morgan fingerprint density at radius 1 is 0.806 bits per heavy atom. The average molecular weight is 409 g/mol. The van der Waals surface area contributed by atoms with Gasteiger partial charge in [-0.05, 0) is 60.4 Å². The zero-order valence-corrected chi connectivity index (χ0v) is 17.6. The van der Waals surface area contributed by atoms with Crippen LogP contribution < -0.4 is 10.6 Å². The van der Waals surface area contributed by atoms with Crippen LogP contribution in [0.5, 0.6) is 0 Å². The van der Waals surface area contributed by atoms with E-state index in [2.05, 4.69) is 39.7 Å². The van der Waals surface area contributed by atoms with Crippen molar-refractivity contribution in [1.82, 2.24) is 9.97 Å². The Morgan fingerprint density at radius 3 is 2.19 bits per heavy atom. The molecular weight excluding hydrogens is 384 g/mol. The number of carbonyl (C=O) groups excluding carboxylic acids is 1. The van der Waals surface area contributed by atoms with Crippen LogP contribution in [-0.2, 0) is 6.54 Å². The van der Waals surface area contributed by atoms with Crippen molar-refractivity contribution in [2.75, 3.05) is 10.6 Å². The summed E-state index contributed by atoms with van der Waals surface area (Å²) < 4.78 is 0.